The van der Waals surface area contributed by atoms with E-state index in [4.69, 9.17) is 11.6 Å². The van der Waals surface area contributed by atoms with Crippen LogP contribution in [0.5, 0.6) is 0 Å². The maximum absolute atomic E-state index is 13.0. The fourth-order valence-corrected chi connectivity index (χ4v) is 3.89. The molecule has 28 heavy (non-hydrogen) atoms. The first-order chi connectivity index (χ1) is 13.2. The molecule has 0 spiro atoms. The molecule has 1 heterocycles. The van der Waals surface area contributed by atoms with Crippen molar-refractivity contribution >= 4 is 39.0 Å². The molecular weight excluding hydrogens is 405 g/mol. The minimum Gasteiger partial charge on any atom is -0.307 e. The molecule has 0 aliphatic rings. The van der Waals surface area contributed by atoms with Crippen LogP contribution in [0.2, 0.25) is 5.02 Å². The van der Waals surface area contributed by atoms with Crippen LogP contribution in [-0.4, -0.2) is 19.3 Å². The summed E-state index contributed by atoms with van der Waals surface area (Å²) in [7, 11) is -4.09. The van der Waals surface area contributed by atoms with E-state index in [-0.39, 0.29) is 21.2 Å². The normalized spacial score (nSPS) is 11.1. The lowest BCUT2D eigenvalue weighted by atomic mass is 10.2. The number of hydrogen-bond donors (Lipinski definition) is 2. The van der Waals surface area contributed by atoms with Crippen molar-refractivity contribution in [3.8, 4) is 0 Å². The molecule has 0 aliphatic carbocycles. The molecule has 0 aliphatic heterocycles. The summed E-state index contributed by atoms with van der Waals surface area (Å²) in [6, 6.07) is 12.1. The van der Waals surface area contributed by atoms with E-state index in [9.17, 15) is 17.6 Å². The zero-order valence-corrected chi connectivity index (χ0v) is 16.2. The summed E-state index contributed by atoms with van der Waals surface area (Å²) < 4.78 is 40.6. The molecule has 144 valence electrons. The molecule has 3 aromatic rings. The highest BCUT2D eigenvalue weighted by atomic mass is 35.5. The van der Waals surface area contributed by atoms with Crippen LogP contribution in [0.3, 0.4) is 0 Å². The van der Waals surface area contributed by atoms with Crippen LogP contribution in [0.1, 0.15) is 15.9 Å². The van der Waals surface area contributed by atoms with Crippen molar-refractivity contribution in [2.45, 2.75) is 11.8 Å². The summed E-state index contributed by atoms with van der Waals surface area (Å²) in [4.78, 5) is 16.2. The van der Waals surface area contributed by atoms with Crippen LogP contribution < -0.4 is 10.0 Å². The molecule has 0 radical (unpaired) electrons. The number of benzene rings is 2. The highest BCUT2D eigenvalue weighted by Gasteiger charge is 2.20. The Bertz CT molecular complexity index is 1120. The highest BCUT2D eigenvalue weighted by molar-refractivity contribution is 7.92. The van der Waals surface area contributed by atoms with Gasteiger partial charge in [-0.05, 0) is 61.0 Å². The number of halogens is 2. The Morgan fingerprint density at radius 2 is 1.79 bits per heavy atom. The van der Waals surface area contributed by atoms with Crippen molar-refractivity contribution in [2.24, 2.45) is 0 Å². The van der Waals surface area contributed by atoms with Crippen LogP contribution in [0.25, 0.3) is 0 Å². The summed E-state index contributed by atoms with van der Waals surface area (Å²) in [5.41, 5.74) is 1.19. The predicted molar refractivity (Wildman–Crippen MR) is 106 cm³/mol. The van der Waals surface area contributed by atoms with Gasteiger partial charge in [0, 0.05) is 17.4 Å². The standard InChI is InChI=1S/C19H15ClFN3O3S/c1-12-2-9-18(22-11-12)23-19(25)13-3-8-16(20)17(10-13)28(26,27)24-15-6-4-14(21)5-7-15/h2-11,24H,1H3,(H,22,23,25). The lowest BCUT2D eigenvalue weighted by Crippen LogP contribution is -2.17. The van der Waals surface area contributed by atoms with Gasteiger partial charge in [-0.25, -0.2) is 17.8 Å². The number of rotatable bonds is 5. The van der Waals surface area contributed by atoms with Gasteiger partial charge >= 0.3 is 0 Å². The summed E-state index contributed by atoms with van der Waals surface area (Å²) in [5.74, 6) is -0.699. The van der Waals surface area contributed by atoms with Crippen LogP contribution in [0.15, 0.2) is 65.7 Å². The summed E-state index contributed by atoms with van der Waals surface area (Å²) in [5, 5.41) is 2.53. The molecule has 0 fully saturated rings. The smallest absolute Gasteiger partial charge is 0.263 e. The third kappa shape index (κ3) is 4.65. The van der Waals surface area contributed by atoms with Gasteiger partial charge in [-0.3, -0.25) is 9.52 Å². The van der Waals surface area contributed by atoms with Crippen molar-refractivity contribution in [1.82, 2.24) is 4.98 Å². The van der Waals surface area contributed by atoms with Gasteiger partial charge in [0.25, 0.3) is 15.9 Å². The number of amides is 1. The van der Waals surface area contributed by atoms with Gasteiger partial charge in [-0.2, -0.15) is 0 Å². The number of aryl methyl sites for hydroxylation is 1. The molecule has 0 bridgehead atoms. The molecule has 1 aromatic heterocycles. The number of nitrogens with one attached hydrogen (secondary N) is 2. The number of anilines is 2. The van der Waals surface area contributed by atoms with E-state index in [2.05, 4.69) is 15.0 Å². The first kappa shape index (κ1) is 19.8. The molecule has 2 N–H and O–H groups in total. The Balaban J connectivity index is 1.86. The van der Waals surface area contributed by atoms with Gasteiger partial charge in [-0.1, -0.05) is 17.7 Å². The highest BCUT2D eigenvalue weighted by Crippen LogP contribution is 2.25. The zero-order chi connectivity index (χ0) is 20.3. The molecular formula is C19H15ClFN3O3S. The number of carbonyl (C=O) groups is 1. The molecule has 0 unspecified atom stereocenters. The second-order valence-corrected chi connectivity index (χ2v) is 7.99. The third-order valence-corrected chi connectivity index (χ3v) is 5.60. The van der Waals surface area contributed by atoms with Crippen molar-refractivity contribution in [3.63, 3.8) is 0 Å². The van der Waals surface area contributed by atoms with Crippen LogP contribution in [0, 0.1) is 12.7 Å². The number of hydrogen-bond acceptors (Lipinski definition) is 4. The van der Waals surface area contributed by atoms with Crippen molar-refractivity contribution in [1.29, 1.82) is 0 Å². The average Bonchev–Trinajstić information content (AvgIpc) is 2.65. The van der Waals surface area contributed by atoms with Gasteiger partial charge in [0.05, 0.1) is 5.02 Å². The van der Waals surface area contributed by atoms with E-state index in [1.807, 2.05) is 6.92 Å². The second kappa shape index (κ2) is 7.95. The Kier molecular flexibility index (Phi) is 5.62. The van der Waals surface area contributed by atoms with E-state index in [0.29, 0.717) is 5.82 Å². The Labute approximate surface area is 166 Å². The monoisotopic (exact) mass is 419 g/mol. The van der Waals surface area contributed by atoms with Gasteiger partial charge in [0.2, 0.25) is 0 Å². The molecule has 1 amide bonds. The lowest BCUT2D eigenvalue weighted by molar-refractivity contribution is 0.102. The topological polar surface area (TPSA) is 88.2 Å². The van der Waals surface area contributed by atoms with Crippen LogP contribution >= 0.6 is 11.6 Å². The van der Waals surface area contributed by atoms with Crippen molar-refractivity contribution in [3.05, 3.63) is 82.8 Å². The minimum atomic E-state index is -4.09. The van der Waals surface area contributed by atoms with Gasteiger partial charge < -0.3 is 5.32 Å². The first-order valence-electron chi connectivity index (χ1n) is 8.06. The second-order valence-electron chi connectivity index (χ2n) is 5.93. The predicted octanol–water partition coefficient (Wildman–Crippen LogP) is 4.24. The number of nitrogens with zero attached hydrogens (tertiary/aromatic N) is 1. The van der Waals surface area contributed by atoms with E-state index in [1.165, 1.54) is 24.3 Å². The molecule has 6 nitrogen and oxygen atoms in total. The fourth-order valence-electron chi connectivity index (χ4n) is 2.31. The Morgan fingerprint density at radius 1 is 1.07 bits per heavy atom. The summed E-state index contributed by atoms with van der Waals surface area (Å²) >= 11 is 6.03. The molecule has 0 saturated heterocycles. The van der Waals surface area contributed by atoms with E-state index in [1.54, 1.807) is 18.3 Å². The quantitative estimate of drug-likeness (QED) is 0.647. The van der Waals surface area contributed by atoms with Gasteiger partial charge in [0.1, 0.15) is 16.5 Å². The average molecular weight is 420 g/mol. The van der Waals surface area contributed by atoms with Crippen LogP contribution in [-0.2, 0) is 10.0 Å². The molecule has 0 saturated carbocycles. The Hall–Kier alpha value is -2.97. The zero-order valence-electron chi connectivity index (χ0n) is 14.6. The molecule has 3 rings (SSSR count). The van der Waals surface area contributed by atoms with E-state index >= 15 is 0 Å². The van der Waals surface area contributed by atoms with Gasteiger partial charge in [-0.15, -0.1) is 0 Å². The molecule has 0 atom stereocenters. The molecule has 9 heteroatoms. The number of pyridine rings is 1. The molecule has 2 aromatic carbocycles. The Morgan fingerprint density at radius 3 is 2.43 bits per heavy atom. The van der Waals surface area contributed by atoms with Crippen molar-refractivity contribution in [2.75, 3.05) is 10.0 Å². The SMILES string of the molecule is Cc1ccc(NC(=O)c2ccc(Cl)c(S(=O)(=O)Nc3ccc(F)cc3)c2)nc1. The first-order valence-corrected chi connectivity index (χ1v) is 9.93. The van der Waals surface area contributed by atoms with E-state index < -0.39 is 21.7 Å². The maximum atomic E-state index is 13.0. The maximum Gasteiger partial charge on any atom is 0.263 e. The number of aromatic nitrogens is 1. The summed E-state index contributed by atoms with van der Waals surface area (Å²) in [6.45, 7) is 1.86. The number of carbonyl (C=O) groups excluding carboxylic acids is 1. The van der Waals surface area contributed by atoms with Crippen LogP contribution in [0.4, 0.5) is 15.9 Å². The third-order valence-electron chi connectivity index (χ3n) is 3.73. The number of sulfonamides is 1. The van der Waals surface area contributed by atoms with Gasteiger partial charge in [0.15, 0.2) is 0 Å². The summed E-state index contributed by atoms with van der Waals surface area (Å²) in [6.07, 6.45) is 1.60. The fraction of sp³-hybridized carbons (Fsp3) is 0.0526. The lowest BCUT2D eigenvalue weighted by Gasteiger charge is -2.11. The minimum absolute atomic E-state index is 0.0559. The van der Waals surface area contributed by atoms with E-state index in [0.717, 1.165) is 23.8 Å². The largest absolute Gasteiger partial charge is 0.307 e. The van der Waals surface area contributed by atoms with Crippen molar-refractivity contribution < 1.29 is 17.6 Å².